The number of alkyl halides is 6. The molecule has 25 heavy (non-hydrogen) atoms. The van der Waals surface area contributed by atoms with Gasteiger partial charge in [0.05, 0.1) is 5.56 Å². The first-order valence-electron chi connectivity index (χ1n) is 5.97. The van der Waals surface area contributed by atoms with Crippen molar-refractivity contribution in [2.45, 2.75) is 18.0 Å². The largest absolute Gasteiger partial charge is 0.438 e. The van der Waals surface area contributed by atoms with E-state index < -0.39 is 51.0 Å². The van der Waals surface area contributed by atoms with Crippen LogP contribution >= 0.6 is 0 Å². The molecule has 0 bridgehead atoms. The number of benzene rings is 1. The minimum Gasteiger partial charge on any atom is -0.435 e. The second kappa shape index (κ2) is 6.40. The zero-order valence-electron chi connectivity index (χ0n) is 11.9. The summed E-state index contributed by atoms with van der Waals surface area (Å²) < 4.78 is 112. The Labute approximate surface area is 138 Å². The molecule has 1 rings (SSSR count). The second-order valence-electron chi connectivity index (χ2n) is 4.78. The summed E-state index contributed by atoms with van der Waals surface area (Å²) >= 11 is 0. The van der Waals surface area contributed by atoms with E-state index in [9.17, 15) is 39.6 Å². The first-order chi connectivity index (χ1) is 11.0. The van der Waals surface area contributed by atoms with Gasteiger partial charge in [0, 0.05) is 5.69 Å². The topological polar surface area (TPSA) is 107 Å². The molecule has 0 saturated heterocycles. The van der Waals surface area contributed by atoms with Gasteiger partial charge >= 0.3 is 23.9 Å². The normalized spacial score (nSPS) is 13.6. The van der Waals surface area contributed by atoms with Crippen LogP contribution < -0.4 is 11.2 Å². The second-order valence-corrected chi connectivity index (χ2v) is 6.24. The van der Waals surface area contributed by atoms with Crippen molar-refractivity contribution in [3.05, 3.63) is 23.8 Å². The first kappa shape index (κ1) is 21.1. The number of hydrogen-bond donors (Lipinski definition) is 2. The van der Waals surface area contributed by atoms with Crippen molar-refractivity contribution in [1.29, 1.82) is 0 Å². The number of nitrogens with two attached hydrogens (primary N) is 1. The molecule has 0 aliphatic carbocycles. The Kier molecular flexibility index (Phi) is 5.40. The van der Waals surface area contributed by atoms with Crippen LogP contribution in [0.25, 0.3) is 0 Å². The van der Waals surface area contributed by atoms with Crippen molar-refractivity contribution in [1.82, 2.24) is 0 Å². The smallest absolute Gasteiger partial charge is 0.435 e. The standard InChI is InChI=1S/C11H8BF6NO5S/c12-5-1-2-7(19)6(3-5)8(20)24-9(10(13,14)15,11(16,17)18)4-25(21,22)23/h1-3H,4,19H2,(H,21,22,23). The van der Waals surface area contributed by atoms with Crippen molar-refractivity contribution in [2.75, 3.05) is 11.5 Å². The van der Waals surface area contributed by atoms with Crippen molar-refractivity contribution >= 4 is 35.1 Å². The number of nitrogen functional groups attached to an aromatic ring is 1. The number of ether oxygens (including phenoxy) is 1. The van der Waals surface area contributed by atoms with Crippen LogP contribution in [-0.2, 0) is 14.9 Å². The molecular formula is C11H8BF6NO5S. The zero-order chi connectivity index (χ0) is 19.8. The lowest BCUT2D eigenvalue weighted by Gasteiger charge is -2.35. The predicted octanol–water partition coefficient (Wildman–Crippen LogP) is 0.971. The number of rotatable bonds is 4. The van der Waals surface area contributed by atoms with Gasteiger partial charge in [-0.3, -0.25) is 4.55 Å². The van der Waals surface area contributed by atoms with Crippen molar-refractivity contribution in [2.24, 2.45) is 0 Å². The van der Waals surface area contributed by atoms with E-state index in [1.54, 1.807) is 0 Å². The number of carbonyl (C=O) groups excluding carboxylic acids is 1. The third-order valence-corrected chi connectivity index (χ3v) is 3.64. The van der Waals surface area contributed by atoms with Gasteiger partial charge in [0.25, 0.3) is 10.1 Å². The summed E-state index contributed by atoms with van der Waals surface area (Å²) in [6.45, 7) is 0. The molecule has 0 unspecified atom stereocenters. The van der Waals surface area contributed by atoms with Gasteiger partial charge in [-0.25, -0.2) is 4.79 Å². The Morgan fingerprint density at radius 1 is 1.16 bits per heavy atom. The quantitative estimate of drug-likeness (QED) is 0.261. The summed E-state index contributed by atoms with van der Waals surface area (Å²) in [5.74, 6) is -5.22. The fourth-order valence-electron chi connectivity index (χ4n) is 1.69. The Morgan fingerprint density at radius 2 is 1.64 bits per heavy atom. The van der Waals surface area contributed by atoms with Crippen LogP contribution in [0, 0.1) is 0 Å². The van der Waals surface area contributed by atoms with E-state index in [0.29, 0.717) is 6.07 Å². The van der Waals surface area contributed by atoms with E-state index in [1.807, 2.05) is 0 Å². The van der Waals surface area contributed by atoms with E-state index in [1.165, 1.54) is 0 Å². The molecule has 0 aliphatic heterocycles. The van der Waals surface area contributed by atoms with Crippen LogP contribution in [-0.4, -0.2) is 50.5 Å². The number of halogens is 6. The van der Waals surface area contributed by atoms with Gasteiger partial charge in [0.15, 0.2) is 0 Å². The van der Waals surface area contributed by atoms with Crippen LogP contribution in [0.1, 0.15) is 10.4 Å². The zero-order valence-corrected chi connectivity index (χ0v) is 12.7. The number of hydrogen-bond acceptors (Lipinski definition) is 5. The summed E-state index contributed by atoms with van der Waals surface area (Å²) in [5.41, 5.74) is -2.00. The summed E-state index contributed by atoms with van der Waals surface area (Å²) in [5, 5.41) is 0. The summed E-state index contributed by atoms with van der Waals surface area (Å²) in [4.78, 5) is 11.8. The number of esters is 1. The van der Waals surface area contributed by atoms with Gasteiger partial charge in [-0.2, -0.15) is 34.8 Å². The molecule has 1 aromatic rings. The van der Waals surface area contributed by atoms with Crippen LogP contribution in [0.15, 0.2) is 18.2 Å². The van der Waals surface area contributed by atoms with Crippen molar-refractivity contribution in [3.8, 4) is 0 Å². The Bertz CT molecular complexity index is 762. The maximum Gasteiger partial charge on any atom is 0.438 e. The fourth-order valence-corrected chi connectivity index (χ4v) is 2.59. The number of carbonyl (C=O) groups is 1. The third-order valence-electron chi connectivity index (χ3n) is 2.87. The Morgan fingerprint density at radius 3 is 2.04 bits per heavy atom. The van der Waals surface area contributed by atoms with Crippen LogP contribution in [0.3, 0.4) is 0 Å². The predicted molar refractivity (Wildman–Crippen MR) is 72.9 cm³/mol. The van der Waals surface area contributed by atoms with Gasteiger partial charge < -0.3 is 10.5 Å². The molecule has 1 aromatic carbocycles. The van der Waals surface area contributed by atoms with Gasteiger partial charge in [0.1, 0.15) is 13.6 Å². The monoisotopic (exact) mass is 391 g/mol. The van der Waals surface area contributed by atoms with E-state index in [4.69, 9.17) is 18.1 Å². The Hall–Kier alpha value is -1.96. The Balaban J connectivity index is 3.53. The molecule has 14 heteroatoms. The van der Waals surface area contributed by atoms with E-state index in [2.05, 4.69) is 4.74 Å². The average Bonchev–Trinajstić information content (AvgIpc) is 2.36. The van der Waals surface area contributed by atoms with Crippen molar-refractivity contribution < 1.29 is 48.8 Å². The highest BCUT2D eigenvalue weighted by Crippen LogP contribution is 2.47. The summed E-state index contributed by atoms with van der Waals surface area (Å²) in [7, 11) is -0.609. The highest BCUT2D eigenvalue weighted by atomic mass is 32.2. The summed E-state index contributed by atoms with van der Waals surface area (Å²) in [6, 6.07) is 2.66. The highest BCUT2D eigenvalue weighted by Gasteiger charge is 2.76. The highest BCUT2D eigenvalue weighted by molar-refractivity contribution is 7.85. The van der Waals surface area contributed by atoms with Gasteiger partial charge in [0.2, 0.25) is 0 Å². The maximum absolute atomic E-state index is 13.0. The molecule has 3 N–H and O–H groups in total. The van der Waals surface area contributed by atoms with E-state index >= 15 is 0 Å². The van der Waals surface area contributed by atoms with Gasteiger partial charge in [-0.05, 0) is 6.07 Å². The molecule has 0 heterocycles. The molecule has 0 saturated carbocycles. The molecule has 0 fully saturated rings. The molecule has 2 radical (unpaired) electrons. The molecule has 0 atom stereocenters. The molecule has 0 aliphatic rings. The minimum absolute atomic E-state index is 0.236. The minimum atomic E-state index is -6.42. The third kappa shape index (κ3) is 4.57. The lowest BCUT2D eigenvalue weighted by Crippen LogP contribution is -2.63. The van der Waals surface area contributed by atoms with Crippen LogP contribution in [0.5, 0.6) is 0 Å². The van der Waals surface area contributed by atoms with Crippen molar-refractivity contribution in [3.63, 3.8) is 0 Å². The van der Waals surface area contributed by atoms with Gasteiger partial charge in [-0.15, -0.1) is 0 Å². The van der Waals surface area contributed by atoms with Gasteiger partial charge in [-0.1, -0.05) is 17.6 Å². The molecule has 6 nitrogen and oxygen atoms in total. The number of anilines is 1. The summed E-state index contributed by atoms with van der Waals surface area (Å²) in [6.07, 6.45) is -12.8. The van der Waals surface area contributed by atoms with Crippen LogP contribution in [0.2, 0.25) is 0 Å². The molecule has 0 spiro atoms. The molecule has 0 amide bonds. The lowest BCUT2D eigenvalue weighted by atomic mass is 9.93. The van der Waals surface area contributed by atoms with E-state index in [0.717, 1.165) is 12.1 Å². The molecule has 0 aromatic heterocycles. The SMILES string of the molecule is [B]c1ccc(N)c(C(=O)OC(CS(=O)(=O)O)(C(F)(F)F)C(F)(F)F)c1. The first-order valence-corrected chi connectivity index (χ1v) is 7.58. The molecular weight excluding hydrogens is 383 g/mol. The fraction of sp³-hybridized carbons (Fsp3) is 0.364. The van der Waals surface area contributed by atoms with Crippen LogP contribution in [0.4, 0.5) is 32.0 Å². The lowest BCUT2D eigenvalue weighted by molar-refractivity contribution is -0.356. The maximum atomic E-state index is 13.0. The average molecular weight is 391 g/mol. The van der Waals surface area contributed by atoms with E-state index in [-0.39, 0.29) is 5.46 Å². The molecule has 138 valence electrons.